The molecule has 2 rings (SSSR count). The molecule has 23 heavy (non-hydrogen) atoms. The molecular weight excluding hydrogens is 362 g/mol. The third-order valence-corrected chi connectivity index (χ3v) is 7.25. The van der Waals surface area contributed by atoms with E-state index in [4.69, 9.17) is 0 Å². The first-order valence-electron chi connectivity index (χ1n) is 7.02. The summed E-state index contributed by atoms with van der Waals surface area (Å²) in [6, 6.07) is 5.63. The number of rotatable bonds is 5. The van der Waals surface area contributed by atoms with Crippen molar-refractivity contribution in [2.24, 2.45) is 0 Å². The predicted molar refractivity (Wildman–Crippen MR) is 90.8 cm³/mol. The Morgan fingerprint density at radius 2 is 1.43 bits per heavy atom. The molecule has 1 saturated heterocycles. The molecule has 1 aliphatic heterocycles. The lowest BCUT2D eigenvalue weighted by molar-refractivity contribution is 0.298. The van der Waals surface area contributed by atoms with Crippen LogP contribution in [-0.2, 0) is 20.0 Å². The zero-order valence-corrected chi connectivity index (χ0v) is 15.5. The Morgan fingerprint density at radius 1 is 0.957 bits per heavy atom. The number of nitrogens with zero attached hydrogens (tertiary/aromatic N) is 1. The van der Waals surface area contributed by atoms with Gasteiger partial charge in [0.1, 0.15) is 0 Å². The van der Waals surface area contributed by atoms with Crippen molar-refractivity contribution < 1.29 is 16.8 Å². The van der Waals surface area contributed by atoms with Gasteiger partial charge in [-0.15, -0.1) is 12.4 Å². The van der Waals surface area contributed by atoms with Crippen LogP contribution < -0.4 is 10.0 Å². The summed E-state index contributed by atoms with van der Waals surface area (Å²) in [6.45, 7) is 0.925. The smallest absolute Gasteiger partial charge is 0.243 e. The highest BCUT2D eigenvalue weighted by Crippen LogP contribution is 2.22. The lowest BCUT2D eigenvalue weighted by atomic mass is 10.1. The van der Waals surface area contributed by atoms with E-state index in [1.807, 2.05) is 7.05 Å². The quantitative estimate of drug-likeness (QED) is 0.766. The SMILES string of the molecule is CNC1CCN(S(=O)(=O)c2ccc(S(=O)(=O)NC)cc2)CC1.Cl. The molecule has 132 valence electrons. The number of piperidine rings is 1. The van der Waals surface area contributed by atoms with Crippen molar-refractivity contribution >= 4 is 32.5 Å². The Hall–Kier alpha value is -0.710. The van der Waals surface area contributed by atoms with Crippen molar-refractivity contribution in [3.05, 3.63) is 24.3 Å². The van der Waals surface area contributed by atoms with Crippen LogP contribution in [0.2, 0.25) is 0 Å². The molecule has 0 aliphatic carbocycles. The molecule has 0 radical (unpaired) electrons. The van der Waals surface area contributed by atoms with Crippen LogP contribution in [-0.4, -0.2) is 54.4 Å². The van der Waals surface area contributed by atoms with Crippen LogP contribution in [0, 0.1) is 0 Å². The molecule has 10 heteroatoms. The Balaban J connectivity index is 0.00000264. The fourth-order valence-corrected chi connectivity index (χ4v) is 4.64. The molecule has 0 unspecified atom stereocenters. The minimum Gasteiger partial charge on any atom is -0.317 e. The highest BCUT2D eigenvalue weighted by atomic mass is 35.5. The van der Waals surface area contributed by atoms with E-state index in [0.29, 0.717) is 19.1 Å². The molecule has 1 heterocycles. The van der Waals surface area contributed by atoms with Crippen molar-refractivity contribution in [2.45, 2.75) is 28.7 Å². The normalized spacial score (nSPS) is 17.7. The van der Waals surface area contributed by atoms with Gasteiger partial charge in [0.2, 0.25) is 20.0 Å². The van der Waals surface area contributed by atoms with E-state index in [9.17, 15) is 16.8 Å². The topological polar surface area (TPSA) is 95.6 Å². The summed E-state index contributed by atoms with van der Waals surface area (Å²) >= 11 is 0. The van der Waals surface area contributed by atoms with Gasteiger partial charge in [-0.1, -0.05) is 0 Å². The summed E-state index contributed by atoms with van der Waals surface area (Å²) in [5.74, 6) is 0. The summed E-state index contributed by atoms with van der Waals surface area (Å²) in [6.07, 6.45) is 1.53. The van der Waals surface area contributed by atoms with E-state index in [0.717, 1.165) is 12.8 Å². The Morgan fingerprint density at radius 3 is 1.87 bits per heavy atom. The maximum absolute atomic E-state index is 12.6. The van der Waals surface area contributed by atoms with Crippen molar-refractivity contribution in [3.63, 3.8) is 0 Å². The summed E-state index contributed by atoms with van der Waals surface area (Å²) in [5.41, 5.74) is 0. The summed E-state index contributed by atoms with van der Waals surface area (Å²) in [5, 5.41) is 3.15. The Bertz CT molecular complexity index is 712. The van der Waals surface area contributed by atoms with E-state index >= 15 is 0 Å². The summed E-state index contributed by atoms with van der Waals surface area (Å²) in [7, 11) is -3.95. The number of nitrogens with one attached hydrogen (secondary N) is 2. The number of sulfonamides is 2. The third-order valence-electron chi connectivity index (χ3n) is 3.90. The van der Waals surface area contributed by atoms with E-state index in [1.54, 1.807) is 0 Å². The zero-order valence-electron chi connectivity index (χ0n) is 13.0. The van der Waals surface area contributed by atoms with Crippen LogP contribution in [0.15, 0.2) is 34.1 Å². The predicted octanol–water partition coefficient (Wildman–Crippen LogP) is 0.389. The lowest BCUT2D eigenvalue weighted by Gasteiger charge is -2.31. The van der Waals surface area contributed by atoms with Crippen LogP contribution >= 0.6 is 12.4 Å². The second-order valence-corrected chi connectivity index (χ2v) is 8.97. The molecule has 0 spiro atoms. The fraction of sp³-hybridized carbons (Fsp3) is 0.538. The van der Waals surface area contributed by atoms with Gasteiger partial charge in [0.25, 0.3) is 0 Å². The first kappa shape index (κ1) is 20.3. The van der Waals surface area contributed by atoms with Gasteiger partial charge in [0.15, 0.2) is 0 Å². The number of halogens is 1. The molecule has 1 aromatic carbocycles. The van der Waals surface area contributed by atoms with Crippen LogP contribution in [0.1, 0.15) is 12.8 Å². The maximum atomic E-state index is 12.6. The van der Waals surface area contributed by atoms with E-state index in [2.05, 4.69) is 10.0 Å². The molecular formula is C13H22ClN3O4S2. The molecule has 1 aliphatic rings. The van der Waals surface area contributed by atoms with Gasteiger partial charge in [-0.25, -0.2) is 21.6 Å². The zero-order chi connectivity index (χ0) is 16.4. The van der Waals surface area contributed by atoms with Gasteiger partial charge >= 0.3 is 0 Å². The van der Waals surface area contributed by atoms with Gasteiger partial charge in [-0.3, -0.25) is 0 Å². The fourth-order valence-electron chi connectivity index (χ4n) is 2.44. The molecule has 0 saturated carbocycles. The Labute approximate surface area is 144 Å². The van der Waals surface area contributed by atoms with Gasteiger partial charge in [0.05, 0.1) is 9.79 Å². The van der Waals surface area contributed by atoms with E-state index < -0.39 is 20.0 Å². The van der Waals surface area contributed by atoms with Crippen LogP contribution in [0.3, 0.4) is 0 Å². The van der Waals surface area contributed by atoms with E-state index in [1.165, 1.54) is 35.6 Å². The molecule has 1 aromatic rings. The highest BCUT2D eigenvalue weighted by molar-refractivity contribution is 7.89. The minimum absolute atomic E-state index is 0. The molecule has 0 aromatic heterocycles. The van der Waals surface area contributed by atoms with Crippen LogP contribution in [0.25, 0.3) is 0 Å². The molecule has 2 N–H and O–H groups in total. The van der Waals surface area contributed by atoms with Gasteiger partial charge in [0, 0.05) is 19.1 Å². The number of hydrogen-bond donors (Lipinski definition) is 2. The Kier molecular flexibility index (Phi) is 6.99. The average molecular weight is 384 g/mol. The monoisotopic (exact) mass is 383 g/mol. The van der Waals surface area contributed by atoms with Crippen molar-refractivity contribution in [1.82, 2.24) is 14.3 Å². The van der Waals surface area contributed by atoms with Crippen molar-refractivity contribution in [2.75, 3.05) is 27.2 Å². The second kappa shape index (κ2) is 7.91. The number of benzene rings is 1. The third kappa shape index (κ3) is 4.43. The van der Waals surface area contributed by atoms with Crippen LogP contribution in [0.4, 0.5) is 0 Å². The first-order chi connectivity index (χ1) is 10.3. The van der Waals surface area contributed by atoms with Crippen molar-refractivity contribution in [1.29, 1.82) is 0 Å². The average Bonchev–Trinajstić information content (AvgIpc) is 2.55. The standard InChI is InChI=1S/C13H21N3O4S2.ClH/c1-14-11-7-9-16(10-8-11)22(19,20)13-5-3-12(4-6-13)21(17,18)15-2;/h3-6,11,14-15H,7-10H2,1-2H3;1H. The maximum Gasteiger partial charge on any atom is 0.243 e. The van der Waals surface area contributed by atoms with Gasteiger partial charge in [-0.05, 0) is 51.2 Å². The molecule has 0 atom stereocenters. The summed E-state index contributed by atoms with van der Waals surface area (Å²) in [4.78, 5) is 0.160. The van der Waals surface area contributed by atoms with Crippen molar-refractivity contribution in [3.8, 4) is 0 Å². The van der Waals surface area contributed by atoms with Crippen LogP contribution in [0.5, 0.6) is 0 Å². The lowest BCUT2D eigenvalue weighted by Crippen LogP contribution is -2.43. The number of hydrogen-bond acceptors (Lipinski definition) is 5. The highest BCUT2D eigenvalue weighted by Gasteiger charge is 2.29. The van der Waals surface area contributed by atoms with Gasteiger partial charge < -0.3 is 5.32 Å². The minimum atomic E-state index is -3.57. The molecule has 1 fully saturated rings. The largest absolute Gasteiger partial charge is 0.317 e. The second-order valence-electron chi connectivity index (χ2n) is 5.15. The first-order valence-corrected chi connectivity index (χ1v) is 9.94. The molecule has 0 bridgehead atoms. The molecule has 0 amide bonds. The molecule has 7 nitrogen and oxygen atoms in total. The van der Waals surface area contributed by atoms with Gasteiger partial charge in [-0.2, -0.15) is 4.31 Å². The summed E-state index contributed by atoms with van der Waals surface area (Å²) < 4.78 is 52.1. The van der Waals surface area contributed by atoms with E-state index in [-0.39, 0.29) is 22.2 Å².